The lowest BCUT2D eigenvalue weighted by atomic mass is 10.1. The molecule has 30 heavy (non-hydrogen) atoms. The second kappa shape index (κ2) is 9.04. The van der Waals surface area contributed by atoms with Gasteiger partial charge in [0.15, 0.2) is 11.0 Å². The minimum absolute atomic E-state index is 0.221. The van der Waals surface area contributed by atoms with E-state index in [1.807, 2.05) is 59.3 Å². The molecule has 148 valence electrons. The Balaban J connectivity index is 1.75. The highest BCUT2D eigenvalue weighted by Gasteiger charge is 2.20. The van der Waals surface area contributed by atoms with Gasteiger partial charge in [0.05, 0.1) is 18.1 Å². The lowest BCUT2D eigenvalue weighted by molar-refractivity contribution is 0.683. The number of halogens is 1. The number of nitriles is 2. The Kier molecular flexibility index (Phi) is 6.04. The number of H-pyrrole nitrogens is 1. The third-order valence-electron chi connectivity index (χ3n) is 4.75. The number of hydrogen-bond acceptors (Lipinski definition) is 5. The van der Waals surface area contributed by atoms with Gasteiger partial charge < -0.3 is 4.98 Å². The van der Waals surface area contributed by atoms with Gasteiger partial charge in [0.1, 0.15) is 0 Å². The van der Waals surface area contributed by atoms with Crippen LogP contribution in [-0.4, -0.2) is 25.5 Å². The Labute approximate surface area is 183 Å². The van der Waals surface area contributed by atoms with E-state index in [4.69, 9.17) is 16.9 Å². The van der Waals surface area contributed by atoms with E-state index in [-0.39, 0.29) is 5.92 Å². The Hall–Kier alpha value is -3.26. The first-order valence-corrected chi connectivity index (χ1v) is 10.7. The number of aromatic nitrogens is 4. The quantitative estimate of drug-likeness (QED) is 0.383. The molecule has 0 radical (unpaired) electrons. The van der Waals surface area contributed by atoms with Crippen LogP contribution in [0.4, 0.5) is 0 Å². The van der Waals surface area contributed by atoms with Crippen molar-refractivity contribution in [2.75, 3.05) is 5.75 Å². The molecule has 4 aromatic rings. The Morgan fingerprint density at radius 2 is 1.90 bits per heavy atom. The average molecular weight is 433 g/mol. The van der Waals surface area contributed by atoms with E-state index in [1.165, 1.54) is 11.8 Å². The molecular weight excluding hydrogens is 416 g/mol. The van der Waals surface area contributed by atoms with E-state index in [0.29, 0.717) is 34.6 Å². The van der Waals surface area contributed by atoms with E-state index in [1.54, 1.807) is 0 Å². The van der Waals surface area contributed by atoms with Crippen molar-refractivity contribution in [1.29, 1.82) is 10.5 Å². The summed E-state index contributed by atoms with van der Waals surface area (Å²) in [6.07, 6.45) is 2.84. The maximum Gasteiger partial charge on any atom is 0.196 e. The normalized spacial score (nSPS) is 11.8. The summed E-state index contributed by atoms with van der Waals surface area (Å²) in [5.74, 6) is 1.03. The SMILES string of the molecule is N#CCC[C@@H](C#N)CSc1nnc(-c2c[nH]c3ccccc23)n1-c1ccc(Cl)cc1. The topological polar surface area (TPSA) is 94.1 Å². The van der Waals surface area contributed by atoms with Crippen molar-refractivity contribution in [3.05, 3.63) is 59.8 Å². The fraction of sp³-hybridized carbons (Fsp3) is 0.182. The number of benzene rings is 2. The highest BCUT2D eigenvalue weighted by Crippen LogP contribution is 2.33. The molecule has 0 saturated heterocycles. The van der Waals surface area contributed by atoms with E-state index < -0.39 is 0 Å². The molecule has 0 aliphatic carbocycles. The smallest absolute Gasteiger partial charge is 0.196 e. The number of thioether (sulfide) groups is 1. The molecule has 0 saturated carbocycles. The summed E-state index contributed by atoms with van der Waals surface area (Å²) in [5.41, 5.74) is 2.85. The Morgan fingerprint density at radius 3 is 2.67 bits per heavy atom. The molecule has 2 aromatic heterocycles. The molecule has 2 aromatic carbocycles. The third kappa shape index (κ3) is 4.04. The van der Waals surface area contributed by atoms with Crippen LogP contribution in [0.25, 0.3) is 28.0 Å². The van der Waals surface area contributed by atoms with Crippen LogP contribution in [0.1, 0.15) is 12.8 Å². The predicted molar refractivity (Wildman–Crippen MR) is 118 cm³/mol. The van der Waals surface area contributed by atoms with Crippen LogP contribution >= 0.6 is 23.4 Å². The number of nitrogens with zero attached hydrogens (tertiary/aromatic N) is 5. The van der Waals surface area contributed by atoms with E-state index in [9.17, 15) is 5.26 Å². The highest BCUT2D eigenvalue weighted by molar-refractivity contribution is 7.99. The molecule has 0 aliphatic rings. The van der Waals surface area contributed by atoms with Gasteiger partial charge in [-0.05, 0) is 36.8 Å². The lowest BCUT2D eigenvalue weighted by Crippen LogP contribution is -2.04. The van der Waals surface area contributed by atoms with Gasteiger partial charge in [-0.1, -0.05) is 41.6 Å². The van der Waals surface area contributed by atoms with Gasteiger partial charge in [0.2, 0.25) is 0 Å². The molecule has 0 fully saturated rings. The van der Waals surface area contributed by atoms with Gasteiger partial charge in [0.25, 0.3) is 0 Å². The Morgan fingerprint density at radius 1 is 1.10 bits per heavy atom. The summed E-state index contributed by atoms with van der Waals surface area (Å²) in [6.45, 7) is 0. The van der Waals surface area contributed by atoms with E-state index in [0.717, 1.165) is 22.2 Å². The van der Waals surface area contributed by atoms with Crippen LogP contribution < -0.4 is 0 Å². The summed E-state index contributed by atoms with van der Waals surface area (Å²) in [4.78, 5) is 3.28. The molecule has 0 bridgehead atoms. The average Bonchev–Trinajstić information content (AvgIpc) is 3.38. The van der Waals surface area contributed by atoms with Crippen molar-refractivity contribution in [2.24, 2.45) is 5.92 Å². The van der Waals surface area contributed by atoms with Gasteiger partial charge in [-0.2, -0.15) is 10.5 Å². The molecule has 4 rings (SSSR count). The molecule has 0 spiro atoms. The number of nitrogens with one attached hydrogen (secondary N) is 1. The van der Waals surface area contributed by atoms with Crippen molar-refractivity contribution in [1.82, 2.24) is 19.7 Å². The van der Waals surface area contributed by atoms with Crippen molar-refractivity contribution in [3.63, 3.8) is 0 Å². The van der Waals surface area contributed by atoms with Crippen LogP contribution in [-0.2, 0) is 0 Å². The highest BCUT2D eigenvalue weighted by atomic mass is 35.5. The maximum absolute atomic E-state index is 9.39. The zero-order chi connectivity index (χ0) is 20.9. The van der Waals surface area contributed by atoms with Gasteiger partial charge in [0, 0.05) is 45.5 Å². The Bertz CT molecular complexity index is 1250. The molecule has 2 heterocycles. The van der Waals surface area contributed by atoms with Gasteiger partial charge in [-0.3, -0.25) is 4.57 Å². The molecule has 6 nitrogen and oxygen atoms in total. The van der Waals surface area contributed by atoms with Crippen LogP contribution in [0.3, 0.4) is 0 Å². The molecule has 0 unspecified atom stereocenters. The van der Waals surface area contributed by atoms with Crippen molar-refractivity contribution in [3.8, 4) is 29.2 Å². The monoisotopic (exact) mass is 432 g/mol. The van der Waals surface area contributed by atoms with Crippen molar-refractivity contribution < 1.29 is 0 Å². The van der Waals surface area contributed by atoms with Crippen LogP contribution in [0.5, 0.6) is 0 Å². The number of rotatable bonds is 7. The van der Waals surface area contributed by atoms with Crippen LogP contribution in [0.2, 0.25) is 5.02 Å². The second-order valence-electron chi connectivity index (χ2n) is 6.70. The number of fused-ring (bicyclic) bond motifs is 1. The molecular formula is C22H17ClN6S. The lowest BCUT2D eigenvalue weighted by Gasteiger charge is -2.11. The summed E-state index contributed by atoms with van der Waals surface area (Å²) >= 11 is 7.55. The minimum Gasteiger partial charge on any atom is -0.360 e. The van der Waals surface area contributed by atoms with Crippen LogP contribution in [0, 0.1) is 28.6 Å². The maximum atomic E-state index is 9.39. The number of hydrogen-bond donors (Lipinski definition) is 1. The standard InChI is InChI=1S/C22H17ClN6S/c23-16-7-9-17(10-8-16)29-21(19-13-26-20-6-2-1-5-18(19)20)27-28-22(29)30-14-15(12-25)4-3-11-24/h1-2,5-10,13,15,26H,3-4,14H2/t15-/m0/s1. The summed E-state index contributed by atoms with van der Waals surface area (Å²) in [6, 6.07) is 19.9. The van der Waals surface area contributed by atoms with E-state index >= 15 is 0 Å². The molecule has 0 aliphatic heterocycles. The first kappa shape index (κ1) is 20.0. The van der Waals surface area contributed by atoms with Gasteiger partial charge >= 0.3 is 0 Å². The molecule has 1 N–H and O–H groups in total. The summed E-state index contributed by atoms with van der Waals surface area (Å²) in [7, 11) is 0. The summed E-state index contributed by atoms with van der Waals surface area (Å²) in [5, 5.41) is 29.5. The van der Waals surface area contributed by atoms with Crippen molar-refractivity contribution >= 4 is 34.3 Å². The van der Waals surface area contributed by atoms with Gasteiger partial charge in [-0.25, -0.2) is 0 Å². The number of para-hydroxylation sites is 1. The van der Waals surface area contributed by atoms with Crippen molar-refractivity contribution in [2.45, 2.75) is 18.0 Å². The molecule has 1 atom stereocenters. The minimum atomic E-state index is -0.221. The second-order valence-corrected chi connectivity index (χ2v) is 8.12. The van der Waals surface area contributed by atoms with Gasteiger partial charge in [-0.15, -0.1) is 10.2 Å². The van der Waals surface area contributed by atoms with E-state index in [2.05, 4.69) is 27.3 Å². The third-order valence-corrected chi connectivity index (χ3v) is 6.09. The molecule has 0 amide bonds. The zero-order valence-corrected chi connectivity index (χ0v) is 17.5. The predicted octanol–water partition coefficient (Wildman–Crippen LogP) is 5.60. The zero-order valence-electron chi connectivity index (χ0n) is 15.9. The first-order valence-electron chi connectivity index (χ1n) is 9.38. The van der Waals surface area contributed by atoms with Crippen LogP contribution in [0.15, 0.2) is 59.9 Å². The fourth-order valence-electron chi connectivity index (χ4n) is 3.22. The fourth-order valence-corrected chi connectivity index (χ4v) is 4.35. The number of aromatic amines is 1. The first-order chi connectivity index (χ1) is 14.7. The molecule has 8 heteroatoms. The largest absolute Gasteiger partial charge is 0.360 e. The summed E-state index contributed by atoms with van der Waals surface area (Å²) < 4.78 is 1.98.